The van der Waals surface area contributed by atoms with Crippen LogP contribution in [0.25, 0.3) is 0 Å². The number of hydrogen-bond donors (Lipinski definition) is 1. The first-order valence-corrected chi connectivity index (χ1v) is 7.71. The molecule has 0 unspecified atom stereocenters. The second-order valence-corrected chi connectivity index (χ2v) is 6.30. The van der Waals surface area contributed by atoms with Crippen molar-refractivity contribution in [2.75, 3.05) is 37.3 Å². The Labute approximate surface area is 107 Å². The van der Waals surface area contributed by atoms with Gasteiger partial charge in [0.25, 0.3) is 0 Å². The van der Waals surface area contributed by atoms with E-state index in [1.807, 2.05) is 12.1 Å². The molecule has 0 radical (unpaired) electrons. The molecular weight excluding hydrogens is 252 g/mol. The monoisotopic (exact) mass is 270 g/mol. The highest BCUT2D eigenvalue weighted by atomic mass is 32.2. The molecule has 1 aromatic heterocycles. The number of anilines is 1. The van der Waals surface area contributed by atoms with Gasteiger partial charge in [0, 0.05) is 38.9 Å². The normalized spacial score (nSPS) is 18.0. The highest BCUT2D eigenvalue weighted by molar-refractivity contribution is 7.88. The molecule has 0 aliphatic carbocycles. The average Bonchev–Trinajstić information content (AvgIpc) is 2.38. The number of hydrogen-bond acceptors (Lipinski definition) is 5. The maximum atomic E-state index is 11.4. The summed E-state index contributed by atoms with van der Waals surface area (Å²) in [6.45, 7) is 2.76. The van der Waals surface area contributed by atoms with Crippen molar-refractivity contribution in [3.8, 4) is 0 Å². The highest BCUT2D eigenvalue weighted by Gasteiger charge is 2.24. The molecule has 0 atom stereocenters. The lowest BCUT2D eigenvalue weighted by Crippen LogP contribution is -2.48. The maximum Gasteiger partial charge on any atom is 0.211 e. The topological polar surface area (TPSA) is 79.5 Å². The van der Waals surface area contributed by atoms with Gasteiger partial charge in [-0.25, -0.2) is 8.42 Å². The molecule has 2 N–H and O–H groups in total. The summed E-state index contributed by atoms with van der Waals surface area (Å²) < 4.78 is 24.4. The number of pyridine rings is 1. The van der Waals surface area contributed by atoms with Crippen LogP contribution in [0.5, 0.6) is 0 Å². The lowest BCUT2D eigenvalue weighted by atomic mass is 10.2. The van der Waals surface area contributed by atoms with Crippen LogP contribution in [0, 0.1) is 0 Å². The van der Waals surface area contributed by atoms with Crippen LogP contribution in [0.4, 0.5) is 5.69 Å². The van der Waals surface area contributed by atoms with Crippen molar-refractivity contribution in [3.63, 3.8) is 0 Å². The van der Waals surface area contributed by atoms with Gasteiger partial charge in [0.15, 0.2) is 0 Å². The third-order valence-corrected chi connectivity index (χ3v) is 4.41. The van der Waals surface area contributed by atoms with E-state index < -0.39 is 10.0 Å². The Balaban J connectivity index is 2.10. The molecule has 2 rings (SSSR count). The standard InChI is InChI=1S/C11H18N4O2S/c1-18(16,17)15-7-5-14(6-8-15)11-3-2-4-13-10(11)9-12/h2-4H,5-9,12H2,1H3. The van der Waals surface area contributed by atoms with Crippen molar-refractivity contribution >= 4 is 15.7 Å². The lowest BCUT2D eigenvalue weighted by molar-refractivity contribution is 0.387. The van der Waals surface area contributed by atoms with Gasteiger partial charge in [-0.05, 0) is 12.1 Å². The minimum Gasteiger partial charge on any atom is -0.367 e. The van der Waals surface area contributed by atoms with Crippen LogP contribution in [0.2, 0.25) is 0 Å². The molecule has 1 aromatic rings. The number of piperazine rings is 1. The summed E-state index contributed by atoms with van der Waals surface area (Å²) in [6.07, 6.45) is 2.97. The fourth-order valence-corrected chi connectivity index (χ4v) is 2.96. The summed E-state index contributed by atoms with van der Waals surface area (Å²) >= 11 is 0. The molecule has 1 aliphatic heterocycles. The largest absolute Gasteiger partial charge is 0.367 e. The average molecular weight is 270 g/mol. The van der Waals surface area contributed by atoms with E-state index in [0.717, 1.165) is 11.4 Å². The third-order valence-electron chi connectivity index (χ3n) is 3.11. The van der Waals surface area contributed by atoms with E-state index in [-0.39, 0.29) is 0 Å². The quantitative estimate of drug-likeness (QED) is 0.810. The zero-order valence-electron chi connectivity index (χ0n) is 10.4. The minimum absolute atomic E-state index is 0.391. The van der Waals surface area contributed by atoms with Crippen LogP contribution in [-0.4, -0.2) is 50.1 Å². The van der Waals surface area contributed by atoms with E-state index in [4.69, 9.17) is 5.73 Å². The minimum atomic E-state index is -3.08. The second kappa shape index (κ2) is 5.21. The first-order valence-electron chi connectivity index (χ1n) is 5.86. The Bertz CT molecular complexity index is 510. The van der Waals surface area contributed by atoms with E-state index in [9.17, 15) is 8.42 Å². The summed E-state index contributed by atoms with van der Waals surface area (Å²) in [4.78, 5) is 6.38. The third kappa shape index (κ3) is 2.80. The van der Waals surface area contributed by atoms with Gasteiger partial charge in [-0.2, -0.15) is 4.31 Å². The van der Waals surface area contributed by atoms with E-state index in [1.54, 1.807) is 6.20 Å². The summed E-state index contributed by atoms with van der Waals surface area (Å²) in [5, 5.41) is 0. The Morgan fingerprint density at radius 3 is 2.56 bits per heavy atom. The smallest absolute Gasteiger partial charge is 0.211 e. The maximum absolute atomic E-state index is 11.4. The molecule has 6 nitrogen and oxygen atoms in total. The number of nitrogens with two attached hydrogens (primary N) is 1. The molecular formula is C11H18N4O2S. The van der Waals surface area contributed by atoms with Crippen LogP contribution in [0.3, 0.4) is 0 Å². The van der Waals surface area contributed by atoms with Crippen molar-refractivity contribution in [3.05, 3.63) is 24.0 Å². The SMILES string of the molecule is CS(=O)(=O)N1CCN(c2cccnc2CN)CC1. The Morgan fingerprint density at radius 1 is 1.33 bits per heavy atom. The van der Waals surface area contributed by atoms with Crippen molar-refractivity contribution in [1.82, 2.24) is 9.29 Å². The Hall–Kier alpha value is -1.18. The van der Waals surface area contributed by atoms with Gasteiger partial charge in [-0.3, -0.25) is 4.98 Å². The van der Waals surface area contributed by atoms with Gasteiger partial charge < -0.3 is 10.6 Å². The van der Waals surface area contributed by atoms with Crippen LogP contribution < -0.4 is 10.6 Å². The second-order valence-electron chi connectivity index (χ2n) is 4.32. The number of sulfonamides is 1. The zero-order chi connectivity index (χ0) is 13.2. The molecule has 0 saturated carbocycles. The van der Waals surface area contributed by atoms with Gasteiger partial charge in [-0.15, -0.1) is 0 Å². The van der Waals surface area contributed by atoms with E-state index in [1.165, 1.54) is 10.6 Å². The van der Waals surface area contributed by atoms with E-state index in [0.29, 0.717) is 32.7 Å². The van der Waals surface area contributed by atoms with Crippen molar-refractivity contribution in [2.45, 2.75) is 6.54 Å². The Morgan fingerprint density at radius 2 is 2.00 bits per heavy atom. The molecule has 18 heavy (non-hydrogen) atoms. The summed E-state index contributed by atoms with van der Waals surface area (Å²) in [5.41, 5.74) is 7.52. The highest BCUT2D eigenvalue weighted by Crippen LogP contribution is 2.20. The lowest BCUT2D eigenvalue weighted by Gasteiger charge is -2.35. The summed E-state index contributed by atoms with van der Waals surface area (Å²) in [7, 11) is -3.08. The van der Waals surface area contributed by atoms with Crippen molar-refractivity contribution < 1.29 is 8.42 Å². The van der Waals surface area contributed by atoms with Gasteiger partial charge in [0.2, 0.25) is 10.0 Å². The molecule has 1 aliphatic rings. The molecule has 0 spiro atoms. The molecule has 0 aromatic carbocycles. The fourth-order valence-electron chi connectivity index (χ4n) is 2.14. The molecule has 1 saturated heterocycles. The Kier molecular flexibility index (Phi) is 3.84. The molecule has 100 valence electrons. The number of aromatic nitrogens is 1. The van der Waals surface area contributed by atoms with Crippen LogP contribution in [0.1, 0.15) is 5.69 Å². The predicted molar refractivity (Wildman–Crippen MR) is 70.8 cm³/mol. The molecule has 1 fully saturated rings. The first kappa shape index (κ1) is 13.3. The summed E-state index contributed by atoms with van der Waals surface area (Å²) in [5.74, 6) is 0. The molecule has 7 heteroatoms. The van der Waals surface area contributed by atoms with Gasteiger partial charge >= 0.3 is 0 Å². The van der Waals surface area contributed by atoms with Gasteiger partial charge in [-0.1, -0.05) is 0 Å². The molecule has 2 heterocycles. The number of nitrogens with zero attached hydrogens (tertiary/aromatic N) is 3. The van der Waals surface area contributed by atoms with E-state index in [2.05, 4.69) is 9.88 Å². The molecule has 0 amide bonds. The van der Waals surface area contributed by atoms with Gasteiger partial charge in [0.05, 0.1) is 17.6 Å². The van der Waals surface area contributed by atoms with Crippen LogP contribution in [0.15, 0.2) is 18.3 Å². The van der Waals surface area contributed by atoms with Crippen molar-refractivity contribution in [2.24, 2.45) is 5.73 Å². The van der Waals surface area contributed by atoms with Crippen LogP contribution in [-0.2, 0) is 16.6 Å². The number of rotatable bonds is 3. The molecule has 0 bridgehead atoms. The first-order chi connectivity index (χ1) is 8.52. The zero-order valence-corrected chi connectivity index (χ0v) is 11.2. The van der Waals surface area contributed by atoms with Crippen LogP contribution >= 0.6 is 0 Å². The predicted octanol–water partition coefficient (Wildman–Crippen LogP) is -0.378. The van der Waals surface area contributed by atoms with Gasteiger partial charge in [0.1, 0.15) is 0 Å². The fraction of sp³-hybridized carbons (Fsp3) is 0.545. The summed E-state index contributed by atoms with van der Waals surface area (Å²) in [6, 6.07) is 3.85. The van der Waals surface area contributed by atoms with Crippen molar-refractivity contribution in [1.29, 1.82) is 0 Å². The van der Waals surface area contributed by atoms with E-state index >= 15 is 0 Å².